The van der Waals surface area contributed by atoms with E-state index in [-0.39, 0.29) is 18.6 Å². The van der Waals surface area contributed by atoms with Crippen LogP contribution in [0.5, 0.6) is 0 Å². The summed E-state index contributed by atoms with van der Waals surface area (Å²) < 4.78 is 0. The van der Waals surface area contributed by atoms with Gasteiger partial charge in [0.15, 0.2) is 0 Å². The van der Waals surface area contributed by atoms with E-state index in [0.29, 0.717) is 5.56 Å². The van der Waals surface area contributed by atoms with E-state index in [9.17, 15) is 4.79 Å². The highest BCUT2D eigenvalue weighted by Gasteiger charge is 2.22. The number of nitrogens with zero attached hydrogens (tertiary/aromatic N) is 3. The zero-order valence-corrected chi connectivity index (χ0v) is 16.2. The first kappa shape index (κ1) is 19.1. The Morgan fingerprint density at radius 2 is 1.90 bits per heavy atom. The topological polar surface area (TPSA) is 78.4 Å². The molecule has 1 amide bonds. The normalized spacial score (nSPS) is 14.6. The number of carbonyl (C=O) groups excluding carboxylic acids is 1. The van der Waals surface area contributed by atoms with Gasteiger partial charge < -0.3 is 15.3 Å². The van der Waals surface area contributed by atoms with Crippen LogP contribution in [0.2, 0.25) is 0 Å². The summed E-state index contributed by atoms with van der Waals surface area (Å²) in [7, 11) is 0. The van der Waals surface area contributed by atoms with Crippen LogP contribution in [0, 0.1) is 0 Å². The summed E-state index contributed by atoms with van der Waals surface area (Å²) in [6, 6.07) is 15.5. The fraction of sp³-hybridized carbons (Fsp3) is 0.261. The molecule has 0 saturated carbocycles. The van der Waals surface area contributed by atoms with Crippen molar-refractivity contribution in [1.29, 1.82) is 0 Å². The number of benzene rings is 1. The number of aliphatic hydroxyl groups is 1. The number of anilines is 1. The predicted octanol–water partition coefficient (Wildman–Crippen LogP) is 3.03. The fourth-order valence-electron chi connectivity index (χ4n) is 3.59. The van der Waals surface area contributed by atoms with Gasteiger partial charge in [-0.2, -0.15) is 0 Å². The van der Waals surface area contributed by atoms with E-state index in [1.165, 1.54) is 0 Å². The van der Waals surface area contributed by atoms with Crippen LogP contribution in [-0.2, 0) is 6.61 Å². The lowest BCUT2D eigenvalue weighted by Gasteiger charge is -2.33. The Morgan fingerprint density at radius 3 is 2.59 bits per heavy atom. The Morgan fingerprint density at radius 1 is 1.07 bits per heavy atom. The van der Waals surface area contributed by atoms with Crippen LogP contribution in [0.4, 0.5) is 5.82 Å². The molecule has 2 N–H and O–H groups in total. The zero-order chi connectivity index (χ0) is 20.1. The summed E-state index contributed by atoms with van der Waals surface area (Å²) in [6.07, 6.45) is 6.99. The maximum Gasteiger partial charge on any atom is 0.251 e. The predicted molar refractivity (Wildman–Crippen MR) is 113 cm³/mol. The SMILES string of the molecule is O=C(NC1CCN(c2ccc(CO)cn2)CC1)c1cccc(-c2cccnc2)c1. The second-order valence-corrected chi connectivity index (χ2v) is 7.24. The molecular formula is C23H24N4O2. The van der Waals surface area contributed by atoms with Gasteiger partial charge in [-0.15, -0.1) is 0 Å². The van der Waals surface area contributed by atoms with Crippen LogP contribution in [0.1, 0.15) is 28.8 Å². The van der Waals surface area contributed by atoms with Crippen molar-refractivity contribution >= 4 is 11.7 Å². The molecular weight excluding hydrogens is 364 g/mol. The first-order chi connectivity index (χ1) is 14.2. The van der Waals surface area contributed by atoms with Crippen molar-refractivity contribution in [3.63, 3.8) is 0 Å². The summed E-state index contributed by atoms with van der Waals surface area (Å²) in [5.41, 5.74) is 3.45. The molecule has 4 rings (SSSR count). The van der Waals surface area contributed by atoms with E-state index in [4.69, 9.17) is 5.11 Å². The molecule has 1 fully saturated rings. The van der Waals surface area contributed by atoms with E-state index >= 15 is 0 Å². The molecule has 0 spiro atoms. The number of rotatable bonds is 5. The summed E-state index contributed by atoms with van der Waals surface area (Å²) >= 11 is 0. The Balaban J connectivity index is 1.35. The smallest absolute Gasteiger partial charge is 0.251 e. The van der Waals surface area contributed by atoms with Gasteiger partial charge in [-0.25, -0.2) is 4.98 Å². The molecule has 2 aromatic heterocycles. The van der Waals surface area contributed by atoms with Crippen LogP contribution in [0.3, 0.4) is 0 Å². The molecule has 3 aromatic rings. The Kier molecular flexibility index (Phi) is 5.81. The minimum Gasteiger partial charge on any atom is -0.392 e. The molecule has 3 heterocycles. The maximum atomic E-state index is 12.7. The van der Waals surface area contributed by atoms with E-state index < -0.39 is 0 Å². The van der Waals surface area contributed by atoms with Gasteiger partial charge in [0, 0.05) is 48.8 Å². The van der Waals surface area contributed by atoms with E-state index in [1.54, 1.807) is 18.6 Å². The summed E-state index contributed by atoms with van der Waals surface area (Å²) in [6.45, 7) is 1.68. The highest BCUT2D eigenvalue weighted by Crippen LogP contribution is 2.21. The molecule has 0 atom stereocenters. The Bertz CT molecular complexity index is 952. The average Bonchev–Trinajstić information content (AvgIpc) is 2.80. The number of hydrogen-bond acceptors (Lipinski definition) is 5. The number of amides is 1. The molecule has 1 aliphatic rings. The van der Waals surface area contributed by atoms with Gasteiger partial charge in [-0.3, -0.25) is 9.78 Å². The minimum atomic E-state index is -0.0420. The molecule has 1 aromatic carbocycles. The minimum absolute atomic E-state index is 0.00334. The van der Waals surface area contributed by atoms with Gasteiger partial charge in [-0.1, -0.05) is 24.3 Å². The first-order valence-corrected chi connectivity index (χ1v) is 9.85. The molecule has 0 aliphatic carbocycles. The van der Waals surface area contributed by atoms with Crippen molar-refractivity contribution in [2.45, 2.75) is 25.5 Å². The van der Waals surface area contributed by atoms with Gasteiger partial charge in [0.2, 0.25) is 0 Å². The highest BCUT2D eigenvalue weighted by atomic mass is 16.3. The van der Waals surface area contributed by atoms with Crippen molar-refractivity contribution in [3.05, 3.63) is 78.2 Å². The number of aliphatic hydroxyl groups excluding tert-OH is 1. The quantitative estimate of drug-likeness (QED) is 0.702. The average molecular weight is 388 g/mol. The van der Waals surface area contributed by atoms with E-state index in [1.807, 2.05) is 48.5 Å². The molecule has 148 valence electrons. The van der Waals surface area contributed by atoms with Crippen molar-refractivity contribution in [1.82, 2.24) is 15.3 Å². The van der Waals surface area contributed by atoms with Crippen molar-refractivity contribution < 1.29 is 9.90 Å². The molecule has 0 radical (unpaired) electrons. The van der Waals surface area contributed by atoms with Gasteiger partial charge >= 0.3 is 0 Å². The van der Waals surface area contributed by atoms with Crippen LogP contribution in [0.15, 0.2) is 67.1 Å². The zero-order valence-electron chi connectivity index (χ0n) is 16.2. The number of nitrogens with one attached hydrogen (secondary N) is 1. The lowest BCUT2D eigenvalue weighted by Crippen LogP contribution is -2.45. The third-order valence-electron chi connectivity index (χ3n) is 5.27. The number of hydrogen-bond donors (Lipinski definition) is 2. The van der Waals surface area contributed by atoms with Crippen molar-refractivity contribution in [2.24, 2.45) is 0 Å². The van der Waals surface area contributed by atoms with E-state index in [2.05, 4.69) is 20.2 Å². The number of aromatic nitrogens is 2. The molecule has 6 nitrogen and oxygen atoms in total. The second kappa shape index (κ2) is 8.84. The van der Waals surface area contributed by atoms with Crippen molar-refractivity contribution in [3.8, 4) is 11.1 Å². The summed E-state index contributed by atoms with van der Waals surface area (Å²) in [5.74, 6) is 0.871. The van der Waals surface area contributed by atoms with Crippen molar-refractivity contribution in [2.75, 3.05) is 18.0 Å². The number of carbonyl (C=O) groups is 1. The number of pyridine rings is 2. The molecule has 1 aliphatic heterocycles. The number of piperidine rings is 1. The molecule has 1 saturated heterocycles. The molecule has 0 bridgehead atoms. The summed E-state index contributed by atoms with van der Waals surface area (Å²) in [5, 5.41) is 12.3. The van der Waals surface area contributed by atoms with Crippen LogP contribution in [-0.4, -0.2) is 40.1 Å². The van der Waals surface area contributed by atoms with Gasteiger partial charge in [0.1, 0.15) is 5.82 Å². The molecule has 6 heteroatoms. The fourth-order valence-corrected chi connectivity index (χ4v) is 3.59. The monoisotopic (exact) mass is 388 g/mol. The standard InChI is InChI=1S/C23H24N4O2/c28-16-17-6-7-22(25-14-17)27-11-8-21(9-12-27)26-23(29)19-4-1-3-18(13-19)20-5-2-10-24-15-20/h1-7,10,13-15,21,28H,8-9,11-12,16H2,(H,26,29). The second-order valence-electron chi connectivity index (χ2n) is 7.24. The van der Waals surface area contributed by atoms with E-state index in [0.717, 1.165) is 48.4 Å². The van der Waals surface area contributed by atoms with Gasteiger partial charge in [-0.05, 0) is 48.2 Å². The van der Waals surface area contributed by atoms with Gasteiger partial charge in [0.25, 0.3) is 5.91 Å². The highest BCUT2D eigenvalue weighted by molar-refractivity contribution is 5.95. The first-order valence-electron chi connectivity index (χ1n) is 9.85. The molecule has 0 unspecified atom stereocenters. The Labute approximate surface area is 170 Å². The van der Waals surface area contributed by atoms with Crippen LogP contribution < -0.4 is 10.2 Å². The third kappa shape index (κ3) is 4.60. The largest absolute Gasteiger partial charge is 0.392 e. The van der Waals surface area contributed by atoms with Gasteiger partial charge in [0.05, 0.1) is 6.61 Å². The Hall–Kier alpha value is -3.25. The van der Waals surface area contributed by atoms with Crippen LogP contribution >= 0.6 is 0 Å². The maximum absolute atomic E-state index is 12.7. The lowest BCUT2D eigenvalue weighted by atomic mass is 10.0. The molecule has 29 heavy (non-hydrogen) atoms. The third-order valence-corrected chi connectivity index (χ3v) is 5.27. The summed E-state index contributed by atoms with van der Waals surface area (Å²) in [4.78, 5) is 23.5. The lowest BCUT2D eigenvalue weighted by molar-refractivity contribution is 0.0931. The van der Waals surface area contributed by atoms with Crippen LogP contribution in [0.25, 0.3) is 11.1 Å².